The number of aromatic nitrogens is 3. The number of pyridine rings is 1. The van der Waals surface area contributed by atoms with E-state index in [0.29, 0.717) is 12.2 Å². The monoisotopic (exact) mass is 449 g/mol. The van der Waals surface area contributed by atoms with Gasteiger partial charge in [-0.15, -0.1) is 5.10 Å². The van der Waals surface area contributed by atoms with Gasteiger partial charge in [-0.25, -0.2) is 14.3 Å². The van der Waals surface area contributed by atoms with E-state index in [1.54, 1.807) is 4.52 Å². The van der Waals surface area contributed by atoms with Crippen LogP contribution in [-0.2, 0) is 14.9 Å². The molecule has 2 aliphatic heterocycles. The number of aliphatic carboxylic acids is 1. The van der Waals surface area contributed by atoms with Crippen molar-refractivity contribution < 1.29 is 19.4 Å². The standard InChI is InChI=1S/C24H27N5O4/c1-16-12-18(28-9-8-24(2,15-28)17-6-4-3-5-7-17)13-29-21(16)25-20(26-29)22(30)27-10-11-33-19(14-27)23(31)32/h3-7,12-13,19H,8-11,14-15H2,1-2H3,(H,31,32)/t19?,24-/m0/s1. The number of amides is 1. The Bertz CT molecular complexity index is 1210. The molecule has 2 aromatic heterocycles. The van der Waals surface area contributed by atoms with Crippen LogP contribution < -0.4 is 4.90 Å². The van der Waals surface area contributed by atoms with Crippen molar-refractivity contribution in [3.05, 3.63) is 59.5 Å². The zero-order valence-electron chi connectivity index (χ0n) is 18.8. The average molecular weight is 450 g/mol. The molecule has 2 atom stereocenters. The predicted octanol–water partition coefficient (Wildman–Crippen LogP) is 2.13. The number of nitrogens with zero attached hydrogens (tertiary/aromatic N) is 5. The third-order valence-corrected chi connectivity index (χ3v) is 6.73. The number of anilines is 1. The Morgan fingerprint density at radius 1 is 1.21 bits per heavy atom. The zero-order valence-corrected chi connectivity index (χ0v) is 18.8. The number of fused-ring (bicyclic) bond motifs is 1. The topological polar surface area (TPSA) is 100 Å². The van der Waals surface area contributed by atoms with E-state index in [0.717, 1.165) is 30.8 Å². The van der Waals surface area contributed by atoms with Gasteiger partial charge in [-0.3, -0.25) is 4.79 Å². The first-order valence-corrected chi connectivity index (χ1v) is 11.2. The number of ether oxygens (including phenoxy) is 1. The number of aryl methyl sites for hydroxylation is 1. The second kappa shape index (κ2) is 8.15. The molecule has 2 saturated heterocycles. The lowest BCUT2D eigenvalue weighted by Crippen LogP contribution is -2.48. The number of carbonyl (C=O) groups is 2. The lowest BCUT2D eigenvalue weighted by Gasteiger charge is -2.29. The first kappa shape index (κ1) is 21.4. The third kappa shape index (κ3) is 3.93. The minimum atomic E-state index is -1.08. The molecular weight excluding hydrogens is 422 g/mol. The fourth-order valence-corrected chi connectivity index (χ4v) is 4.78. The summed E-state index contributed by atoms with van der Waals surface area (Å²) >= 11 is 0. The summed E-state index contributed by atoms with van der Waals surface area (Å²) in [4.78, 5) is 32.4. The zero-order chi connectivity index (χ0) is 23.2. The molecule has 172 valence electrons. The number of hydrogen-bond donors (Lipinski definition) is 1. The maximum absolute atomic E-state index is 13.0. The van der Waals surface area contributed by atoms with Crippen LogP contribution in [0.3, 0.4) is 0 Å². The molecule has 0 bridgehead atoms. The quantitative estimate of drug-likeness (QED) is 0.651. The van der Waals surface area contributed by atoms with Crippen LogP contribution in [-0.4, -0.2) is 75.4 Å². The Balaban J connectivity index is 1.39. The highest BCUT2D eigenvalue weighted by Crippen LogP contribution is 2.36. The Labute approximate surface area is 191 Å². The largest absolute Gasteiger partial charge is 0.479 e. The van der Waals surface area contributed by atoms with Crippen LogP contribution in [0.4, 0.5) is 5.69 Å². The van der Waals surface area contributed by atoms with Crippen molar-refractivity contribution in [2.45, 2.75) is 31.8 Å². The van der Waals surface area contributed by atoms with Gasteiger partial charge in [0.05, 0.1) is 25.0 Å². The molecule has 2 aliphatic rings. The van der Waals surface area contributed by atoms with Crippen molar-refractivity contribution >= 4 is 23.2 Å². The van der Waals surface area contributed by atoms with Crippen LogP contribution in [0.1, 0.15) is 35.1 Å². The van der Waals surface area contributed by atoms with Crippen LogP contribution in [0.5, 0.6) is 0 Å². The van der Waals surface area contributed by atoms with Gasteiger partial charge >= 0.3 is 5.97 Å². The summed E-state index contributed by atoms with van der Waals surface area (Å²) in [5.41, 5.74) is 4.00. The number of carboxylic acids is 1. The normalized spacial score (nSPS) is 23.3. The van der Waals surface area contributed by atoms with Crippen molar-refractivity contribution in [3.8, 4) is 0 Å². The van der Waals surface area contributed by atoms with Gasteiger partial charge in [-0.05, 0) is 30.5 Å². The maximum atomic E-state index is 13.0. The van der Waals surface area contributed by atoms with Gasteiger partial charge < -0.3 is 19.6 Å². The number of carboxylic acid groups (broad SMARTS) is 1. The maximum Gasteiger partial charge on any atom is 0.334 e. The van der Waals surface area contributed by atoms with E-state index in [1.807, 2.05) is 19.2 Å². The second-order valence-corrected chi connectivity index (χ2v) is 9.13. The number of carbonyl (C=O) groups excluding carboxylic acids is 1. The van der Waals surface area contributed by atoms with E-state index in [2.05, 4.69) is 52.2 Å². The molecule has 9 nitrogen and oxygen atoms in total. The smallest absolute Gasteiger partial charge is 0.334 e. The lowest BCUT2D eigenvalue weighted by atomic mass is 9.82. The van der Waals surface area contributed by atoms with Crippen LogP contribution in [0.15, 0.2) is 42.6 Å². The molecule has 0 aliphatic carbocycles. The molecular formula is C24H27N5O4. The van der Waals surface area contributed by atoms with Crippen molar-refractivity contribution in [2.24, 2.45) is 0 Å². The van der Waals surface area contributed by atoms with Gasteiger partial charge in [0.15, 0.2) is 11.8 Å². The molecule has 1 N–H and O–H groups in total. The van der Waals surface area contributed by atoms with E-state index in [-0.39, 0.29) is 30.3 Å². The summed E-state index contributed by atoms with van der Waals surface area (Å²) in [6.07, 6.45) is 1.95. The van der Waals surface area contributed by atoms with E-state index in [4.69, 9.17) is 4.74 Å². The molecule has 0 spiro atoms. The van der Waals surface area contributed by atoms with E-state index < -0.39 is 12.1 Å². The molecule has 4 heterocycles. The van der Waals surface area contributed by atoms with Gasteiger partial charge in [0.1, 0.15) is 0 Å². The highest BCUT2D eigenvalue weighted by Gasteiger charge is 2.36. The average Bonchev–Trinajstić information content (AvgIpc) is 3.44. The lowest BCUT2D eigenvalue weighted by molar-refractivity contribution is -0.154. The first-order chi connectivity index (χ1) is 15.8. The Morgan fingerprint density at radius 2 is 2.00 bits per heavy atom. The van der Waals surface area contributed by atoms with Crippen molar-refractivity contribution in [1.29, 1.82) is 0 Å². The van der Waals surface area contributed by atoms with Crippen molar-refractivity contribution in [1.82, 2.24) is 19.5 Å². The summed E-state index contributed by atoms with van der Waals surface area (Å²) in [5, 5.41) is 13.6. The molecule has 1 unspecified atom stereocenters. The molecule has 3 aromatic rings. The molecule has 5 rings (SSSR count). The fourth-order valence-electron chi connectivity index (χ4n) is 4.78. The predicted molar refractivity (Wildman–Crippen MR) is 122 cm³/mol. The molecule has 2 fully saturated rings. The molecule has 9 heteroatoms. The highest BCUT2D eigenvalue weighted by atomic mass is 16.5. The van der Waals surface area contributed by atoms with Crippen LogP contribution in [0, 0.1) is 6.92 Å². The molecule has 1 amide bonds. The van der Waals surface area contributed by atoms with Crippen LogP contribution in [0.2, 0.25) is 0 Å². The number of benzene rings is 1. The molecule has 33 heavy (non-hydrogen) atoms. The van der Waals surface area contributed by atoms with E-state index in [9.17, 15) is 14.7 Å². The Hall–Kier alpha value is -3.46. The van der Waals surface area contributed by atoms with Gasteiger partial charge in [-0.2, -0.15) is 0 Å². The van der Waals surface area contributed by atoms with Crippen molar-refractivity contribution in [3.63, 3.8) is 0 Å². The first-order valence-electron chi connectivity index (χ1n) is 11.2. The second-order valence-electron chi connectivity index (χ2n) is 9.13. The number of hydrogen-bond acceptors (Lipinski definition) is 6. The van der Waals surface area contributed by atoms with Crippen LogP contribution in [0.25, 0.3) is 5.65 Å². The van der Waals surface area contributed by atoms with Gasteiger partial charge in [-0.1, -0.05) is 37.3 Å². The van der Waals surface area contributed by atoms with Crippen molar-refractivity contribution in [2.75, 3.05) is 37.7 Å². The summed E-state index contributed by atoms with van der Waals surface area (Å²) in [6.45, 7) is 6.56. The van der Waals surface area contributed by atoms with E-state index in [1.165, 1.54) is 10.5 Å². The summed E-state index contributed by atoms with van der Waals surface area (Å²) in [5.74, 6) is -1.40. The minimum absolute atomic E-state index is 0.0141. The SMILES string of the molecule is Cc1cc(N2CC[C@](C)(c3ccccc3)C2)cn2nc(C(=O)N3CCOC(C(=O)O)C3)nc12. The Morgan fingerprint density at radius 3 is 2.76 bits per heavy atom. The van der Waals surface area contributed by atoms with Crippen LogP contribution >= 0.6 is 0 Å². The summed E-state index contributed by atoms with van der Waals surface area (Å²) in [6, 6.07) is 12.7. The number of rotatable bonds is 4. The van der Waals surface area contributed by atoms with Gasteiger partial charge in [0.2, 0.25) is 5.82 Å². The molecule has 0 radical (unpaired) electrons. The molecule has 1 aromatic carbocycles. The summed E-state index contributed by atoms with van der Waals surface area (Å²) in [7, 11) is 0. The van der Waals surface area contributed by atoms with Gasteiger partial charge in [0, 0.05) is 25.0 Å². The highest BCUT2D eigenvalue weighted by molar-refractivity contribution is 5.91. The van der Waals surface area contributed by atoms with Gasteiger partial charge in [0.25, 0.3) is 5.91 Å². The Kier molecular flexibility index (Phi) is 5.28. The fraction of sp³-hybridized carbons (Fsp3) is 0.417. The van der Waals surface area contributed by atoms with E-state index >= 15 is 0 Å². The number of morpholine rings is 1. The summed E-state index contributed by atoms with van der Waals surface area (Å²) < 4.78 is 6.87. The molecule has 0 saturated carbocycles. The minimum Gasteiger partial charge on any atom is -0.479 e. The third-order valence-electron chi connectivity index (χ3n) is 6.73.